The van der Waals surface area contributed by atoms with Crippen molar-refractivity contribution in [2.45, 2.75) is 0 Å². The van der Waals surface area contributed by atoms with Crippen LogP contribution in [0.3, 0.4) is 0 Å². The van der Waals surface area contributed by atoms with E-state index in [9.17, 15) is 0 Å². The minimum absolute atomic E-state index is 0.655. The van der Waals surface area contributed by atoms with Crippen LogP contribution in [0.2, 0.25) is 0 Å². The third-order valence-corrected chi connectivity index (χ3v) is 4.22. The minimum atomic E-state index is 0.655. The smallest absolute Gasteiger partial charge is 0.225 e. The molecule has 6 nitrogen and oxygen atoms in total. The Morgan fingerprint density at radius 3 is 2.24 bits per heavy atom. The summed E-state index contributed by atoms with van der Waals surface area (Å²) in [5.41, 5.74) is 1.23. The molecule has 1 N–H and O–H groups in total. The predicted molar refractivity (Wildman–Crippen MR) is 85.8 cm³/mol. The molecule has 0 radical (unpaired) electrons. The molecule has 112 valence electrons. The number of H-pyrrole nitrogens is 1. The average molecular weight is 305 g/mol. The second-order valence-corrected chi connectivity index (χ2v) is 5.45. The number of hydrogen-bond acceptors (Lipinski definition) is 5. The fraction of sp³-hybridized carbons (Fsp3) is 0.429. The predicted octanol–water partition coefficient (Wildman–Crippen LogP) is 1.81. The highest BCUT2D eigenvalue weighted by molar-refractivity contribution is 7.71. The highest BCUT2D eigenvalue weighted by atomic mass is 32.1. The third kappa shape index (κ3) is 2.73. The number of nitrogens with one attached hydrogen (secondary N) is 1. The topological polar surface area (TPSA) is 49.3 Å². The van der Waals surface area contributed by atoms with Gasteiger partial charge in [-0.2, -0.15) is 0 Å². The summed E-state index contributed by atoms with van der Waals surface area (Å²) in [5, 5.41) is 7.13. The summed E-state index contributed by atoms with van der Waals surface area (Å²) in [5.74, 6) is 1.80. The molecular formula is C14H19N5OS. The highest BCUT2D eigenvalue weighted by Crippen LogP contribution is 2.21. The molecule has 0 saturated carbocycles. The molecule has 0 atom stereocenters. The van der Waals surface area contributed by atoms with Gasteiger partial charge >= 0.3 is 0 Å². The van der Waals surface area contributed by atoms with Crippen LogP contribution in [-0.2, 0) is 7.05 Å². The largest absolute Gasteiger partial charge is 0.497 e. The van der Waals surface area contributed by atoms with Gasteiger partial charge in [0.1, 0.15) is 5.75 Å². The van der Waals surface area contributed by atoms with Crippen molar-refractivity contribution in [2.24, 2.45) is 7.05 Å². The standard InChI is InChI=1S/C14H19N5OS/c1-17-13(15-16-14(17)21)19-9-7-18(8-10-19)11-3-5-12(20-2)6-4-11/h3-6H,7-10H2,1-2H3,(H,16,21). The summed E-state index contributed by atoms with van der Waals surface area (Å²) >= 11 is 5.16. The van der Waals surface area contributed by atoms with Gasteiger partial charge in [0.2, 0.25) is 5.95 Å². The molecule has 1 aromatic carbocycles. The summed E-state index contributed by atoms with van der Waals surface area (Å²) < 4.78 is 7.77. The van der Waals surface area contributed by atoms with Gasteiger partial charge in [-0.15, -0.1) is 5.10 Å². The maximum absolute atomic E-state index is 5.20. The van der Waals surface area contributed by atoms with E-state index in [1.807, 2.05) is 23.7 Å². The van der Waals surface area contributed by atoms with Crippen LogP contribution >= 0.6 is 12.2 Å². The number of anilines is 2. The molecule has 0 aliphatic carbocycles. The molecule has 21 heavy (non-hydrogen) atoms. The number of benzene rings is 1. The van der Waals surface area contributed by atoms with E-state index in [4.69, 9.17) is 17.0 Å². The Kier molecular flexibility index (Phi) is 3.83. The minimum Gasteiger partial charge on any atom is -0.497 e. The number of nitrogens with zero attached hydrogens (tertiary/aromatic N) is 4. The second-order valence-electron chi connectivity index (χ2n) is 5.06. The molecular weight excluding hydrogens is 286 g/mol. The van der Waals surface area contributed by atoms with Crippen molar-refractivity contribution in [3.63, 3.8) is 0 Å². The first-order valence-electron chi connectivity index (χ1n) is 6.94. The molecule has 0 unspecified atom stereocenters. The molecule has 0 spiro atoms. The van der Waals surface area contributed by atoms with Crippen molar-refractivity contribution in [1.29, 1.82) is 0 Å². The van der Waals surface area contributed by atoms with Crippen molar-refractivity contribution in [3.8, 4) is 5.75 Å². The van der Waals surface area contributed by atoms with Gasteiger partial charge < -0.3 is 14.5 Å². The molecule has 0 amide bonds. The molecule has 2 heterocycles. The van der Waals surface area contributed by atoms with Crippen LogP contribution in [-0.4, -0.2) is 48.1 Å². The van der Waals surface area contributed by atoms with Crippen LogP contribution in [0, 0.1) is 4.77 Å². The number of piperazine rings is 1. The number of aromatic amines is 1. The van der Waals surface area contributed by atoms with Crippen LogP contribution in [0.25, 0.3) is 0 Å². The molecule has 2 aromatic rings. The van der Waals surface area contributed by atoms with Crippen molar-refractivity contribution >= 4 is 23.9 Å². The fourth-order valence-electron chi connectivity index (χ4n) is 2.58. The van der Waals surface area contributed by atoms with E-state index in [2.05, 4.69) is 32.1 Å². The molecule has 1 aliphatic heterocycles. The van der Waals surface area contributed by atoms with Crippen LogP contribution < -0.4 is 14.5 Å². The van der Waals surface area contributed by atoms with Crippen molar-refractivity contribution in [2.75, 3.05) is 43.1 Å². The van der Waals surface area contributed by atoms with Gasteiger partial charge in [0, 0.05) is 38.9 Å². The van der Waals surface area contributed by atoms with E-state index in [0.29, 0.717) is 4.77 Å². The lowest BCUT2D eigenvalue weighted by Crippen LogP contribution is -2.47. The zero-order valence-corrected chi connectivity index (χ0v) is 13.1. The summed E-state index contributed by atoms with van der Waals surface area (Å²) in [6.45, 7) is 3.79. The number of ether oxygens (including phenoxy) is 1. The number of aromatic nitrogens is 3. The SMILES string of the molecule is COc1ccc(N2CCN(c3n[nH]c(=S)n3C)CC2)cc1. The lowest BCUT2D eigenvalue weighted by molar-refractivity contribution is 0.415. The molecule has 1 saturated heterocycles. The van der Waals surface area contributed by atoms with Crippen LogP contribution in [0.15, 0.2) is 24.3 Å². The Hall–Kier alpha value is -2.02. The van der Waals surface area contributed by atoms with Crippen molar-refractivity contribution in [3.05, 3.63) is 29.0 Å². The lowest BCUT2D eigenvalue weighted by atomic mass is 10.2. The summed E-state index contributed by atoms with van der Waals surface area (Å²) in [7, 11) is 3.63. The first-order chi connectivity index (χ1) is 10.2. The number of hydrogen-bond donors (Lipinski definition) is 1. The average Bonchev–Trinajstić information content (AvgIpc) is 2.87. The van der Waals surface area contributed by atoms with Crippen molar-refractivity contribution < 1.29 is 4.74 Å². The van der Waals surface area contributed by atoms with Crippen LogP contribution in [0.1, 0.15) is 0 Å². The monoisotopic (exact) mass is 305 g/mol. The number of rotatable bonds is 3. The van der Waals surface area contributed by atoms with Gasteiger partial charge in [-0.3, -0.25) is 4.57 Å². The first-order valence-corrected chi connectivity index (χ1v) is 7.35. The van der Waals surface area contributed by atoms with Gasteiger partial charge in [0.05, 0.1) is 7.11 Å². The third-order valence-electron chi connectivity index (χ3n) is 3.86. The van der Waals surface area contributed by atoms with Crippen LogP contribution in [0.5, 0.6) is 5.75 Å². The normalized spacial score (nSPS) is 15.3. The fourth-order valence-corrected chi connectivity index (χ4v) is 2.71. The first kappa shape index (κ1) is 13.9. The summed E-state index contributed by atoms with van der Waals surface area (Å²) in [4.78, 5) is 4.63. The molecule has 1 aliphatic rings. The molecule has 0 bridgehead atoms. The zero-order chi connectivity index (χ0) is 14.8. The number of methoxy groups -OCH3 is 1. The molecule has 7 heteroatoms. The molecule has 1 fully saturated rings. The second kappa shape index (κ2) is 5.77. The Balaban J connectivity index is 1.67. The van der Waals surface area contributed by atoms with E-state index in [-0.39, 0.29) is 0 Å². The van der Waals surface area contributed by atoms with Gasteiger partial charge in [-0.1, -0.05) is 0 Å². The van der Waals surface area contributed by atoms with E-state index in [1.165, 1.54) is 5.69 Å². The van der Waals surface area contributed by atoms with E-state index < -0.39 is 0 Å². The van der Waals surface area contributed by atoms with Gasteiger partial charge in [-0.05, 0) is 36.5 Å². The Morgan fingerprint density at radius 2 is 1.71 bits per heavy atom. The van der Waals surface area contributed by atoms with Gasteiger partial charge in [-0.25, -0.2) is 5.10 Å². The highest BCUT2D eigenvalue weighted by Gasteiger charge is 2.20. The lowest BCUT2D eigenvalue weighted by Gasteiger charge is -2.36. The van der Waals surface area contributed by atoms with Gasteiger partial charge in [0.25, 0.3) is 0 Å². The summed E-state index contributed by atoms with van der Waals surface area (Å²) in [6, 6.07) is 8.20. The van der Waals surface area contributed by atoms with Crippen LogP contribution in [0.4, 0.5) is 11.6 Å². The van der Waals surface area contributed by atoms with E-state index in [0.717, 1.165) is 37.9 Å². The van der Waals surface area contributed by atoms with Crippen molar-refractivity contribution in [1.82, 2.24) is 14.8 Å². The maximum Gasteiger partial charge on any atom is 0.225 e. The quantitative estimate of drug-likeness (QED) is 0.877. The Bertz CT molecular complexity index is 655. The van der Waals surface area contributed by atoms with E-state index in [1.54, 1.807) is 7.11 Å². The molecule has 3 rings (SSSR count). The van der Waals surface area contributed by atoms with E-state index >= 15 is 0 Å². The van der Waals surface area contributed by atoms with Gasteiger partial charge in [0.15, 0.2) is 4.77 Å². The molecule has 1 aromatic heterocycles. The Morgan fingerprint density at radius 1 is 1.10 bits per heavy atom. The summed E-state index contributed by atoms with van der Waals surface area (Å²) in [6.07, 6.45) is 0. The maximum atomic E-state index is 5.20. The zero-order valence-electron chi connectivity index (χ0n) is 12.2. The Labute approximate surface area is 128 Å².